The first-order valence-corrected chi connectivity index (χ1v) is 7.14. The third-order valence-electron chi connectivity index (χ3n) is 2.88. The van der Waals surface area contributed by atoms with Gasteiger partial charge in [-0.1, -0.05) is 17.4 Å². The Labute approximate surface area is 124 Å². The Kier molecular flexibility index (Phi) is 3.78. The molecule has 1 N–H and O–H groups in total. The van der Waals surface area contributed by atoms with Crippen LogP contribution in [0.4, 0.5) is 5.13 Å². The lowest BCUT2D eigenvalue weighted by molar-refractivity contribution is -0.116. The molecule has 0 spiro atoms. The summed E-state index contributed by atoms with van der Waals surface area (Å²) in [7, 11) is 1.60. The molecule has 0 saturated carbocycles. The number of benzene rings is 1. The molecule has 2 heterocycles. The van der Waals surface area contributed by atoms with Gasteiger partial charge in [0.15, 0.2) is 5.13 Å². The predicted molar refractivity (Wildman–Crippen MR) is 79.4 cm³/mol. The van der Waals surface area contributed by atoms with Crippen molar-refractivity contribution in [1.82, 2.24) is 19.7 Å². The highest BCUT2D eigenvalue weighted by Gasteiger charge is 2.11. The van der Waals surface area contributed by atoms with Crippen LogP contribution in [-0.2, 0) is 11.3 Å². The first-order valence-electron chi connectivity index (χ1n) is 6.32. The average molecular weight is 303 g/mol. The second-order valence-electron chi connectivity index (χ2n) is 4.28. The number of ether oxygens (including phenoxy) is 1. The number of fused-ring (bicyclic) bond motifs is 1. The number of nitrogens with zero attached hydrogens (tertiary/aromatic N) is 4. The molecule has 21 heavy (non-hydrogen) atoms. The van der Waals surface area contributed by atoms with Gasteiger partial charge in [-0.05, 0) is 12.1 Å². The van der Waals surface area contributed by atoms with Gasteiger partial charge in [0.05, 0.1) is 18.4 Å². The van der Waals surface area contributed by atoms with Gasteiger partial charge < -0.3 is 10.1 Å². The lowest BCUT2D eigenvalue weighted by Crippen LogP contribution is -2.14. The highest BCUT2D eigenvalue weighted by atomic mass is 32.1. The number of amides is 1. The van der Waals surface area contributed by atoms with Crippen molar-refractivity contribution in [3.63, 3.8) is 0 Å². The number of aromatic nitrogens is 4. The van der Waals surface area contributed by atoms with Crippen molar-refractivity contribution in [2.75, 3.05) is 12.4 Å². The van der Waals surface area contributed by atoms with E-state index < -0.39 is 0 Å². The molecule has 3 rings (SSSR count). The Balaban J connectivity index is 1.68. The van der Waals surface area contributed by atoms with Gasteiger partial charge in [-0.15, -0.1) is 0 Å². The summed E-state index contributed by atoms with van der Waals surface area (Å²) in [5, 5.41) is 7.31. The Bertz CT molecular complexity index is 753. The zero-order valence-electron chi connectivity index (χ0n) is 11.3. The summed E-state index contributed by atoms with van der Waals surface area (Å²) < 4.78 is 7.84. The van der Waals surface area contributed by atoms with Crippen LogP contribution in [0, 0.1) is 0 Å². The summed E-state index contributed by atoms with van der Waals surface area (Å²) in [6.45, 7) is 0.486. The van der Waals surface area contributed by atoms with E-state index in [2.05, 4.69) is 20.4 Å². The summed E-state index contributed by atoms with van der Waals surface area (Å²) >= 11 is 1.42. The zero-order chi connectivity index (χ0) is 14.7. The monoisotopic (exact) mass is 303 g/mol. The summed E-state index contributed by atoms with van der Waals surface area (Å²) in [6, 6.07) is 5.69. The van der Waals surface area contributed by atoms with Gasteiger partial charge in [0.2, 0.25) is 5.91 Å². The standard InChI is InChI=1S/C13H13N5O2S/c1-20-9-3-2-4-10-12(9)17-13(21-10)16-11(19)5-6-18-8-14-7-15-18/h2-4,7-8H,5-6H2,1H3,(H,16,17,19). The van der Waals surface area contributed by atoms with E-state index in [9.17, 15) is 4.79 Å². The lowest BCUT2D eigenvalue weighted by Gasteiger charge is -2.01. The second kappa shape index (κ2) is 5.88. The molecule has 2 aromatic heterocycles. The molecule has 0 radical (unpaired) electrons. The van der Waals surface area contributed by atoms with Crippen LogP contribution in [0.15, 0.2) is 30.9 Å². The second-order valence-corrected chi connectivity index (χ2v) is 5.31. The average Bonchev–Trinajstić information content (AvgIpc) is 3.13. The maximum absolute atomic E-state index is 11.9. The van der Waals surface area contributed by atoms with E-state index in [0.29, 0.717) is 23.8 Å². The third-order valence-corrected chi connectivity index (χ3v) is 3.82. The largest absolute Gasteiger partial charge is 0.494 e. The predicted octanol–water partition coefficient (Wildman–Crippen LogP) is 1.93. The topological polar surface area (TPSA) is 81.9 Å². The number of methoxy groups -OCH3 is 1. The van der Waals surface area contributed by atoms with Crippen LogP contribution < -0.4 is 10.1 Å². The molecule has 0 bridgehead atoms. The molecule has 1 amide bonds. The van der Waals surface area contributed by atoms with Crippen molar-refractivity contribution in [2.24, 2.45) is 0 Å². The maximum atomic E-state index is 11.9. The Morgan fingerprint density at radius 2 is 2.38 bits per heavy atom. The van der Waals surface area contributed by atoms with Gasteiger partial charge in [0, 0.05) is 6.42 Å². The number of thiazole rings is 1. The normalized spacial score (nSPS) is 10.7. The van der Waals surface area contributed by atoms with Crippen LogP contribution in [0.3, 0.4) is 0 Å². The van der Waals surface area contributed by atoms with Gasteiger partial charge in [0.25, 0.3) is 0 Å². The minimum absolute atomic E-state index is 0.108. The van der Waals surface area contributed by atoms with E-state index in [4.69, 9.17) is 4.74 Å². The first-order chi connectivity index (χ1) is 10.3. The molecule has 108 valence electrons. The van der Waals surface area contributed by atoms with Crippen molar-refractivity contribution >= 4 is 32.6 Å². The van der Waals surface area contributed by atoms with Gasteiger partial charge in [-0.2, -0.15) is 5.10 Å². The van der Waals surface area contributed by atoms with Crippen LogP contribution in [0.25, 0.3) is 10.2 Å². The van der Waals surface area contributed by atoms with Crippen LogP contribution in [0.1, 0.15) is 6.42 Å². The van der Waals surface area contributed by atoms with Gasteiger partial charge in [-0.3, -0.25) is 9.48 Å². The van der Waals surface area contributed by atoms with Crippen molar-refractivity contribution in [3.8, 4) is 5.75 Å². The molecule has 0 atom stereocenters. The number of anilines is 1. The number of carbonyl (C=O) groups excluding carboxylic acids is 1. The first kappa shape index (κ1) is 13.5. The van der Waals surface area contributed by atoms with Crippen LogP contribution in [-0.4, -0.2) is 32.8 Å². The summed E-state index contributed by atoms with van der Waals surface area (Å²) in [4.78, 5) is 20.1. The zero-order valence-corrected chi connectivity index (χ0v) is 12.1. The van der Waals surface area contributed by atoms with Crippen molar-refractivity contribution in [3.05, 3.63) is 30.9 Å². The highest BCUT2D eigenvalue weighted by molar-refractivity contribution is 7.22. The van der Waals surface area contributed by atoms with Crippen LogP contribution in [0.2, 0.25) is 0 Å². The summed E-state index contributed by atoms with van der Waals surface area (Å²) in [6.07, 6.45) is 3.34. The number of aryl methyl sites for hydroxylation is 1. The van der Waals surface area contributed by atoms with Gasteiger partial charge >= 0.3 is 0 Å². The molecule has 8 heteroatoms. The molecule has 0 aliphatic rings. The van der Waals surface area contributed by atoms with Gasteiger partial charge in [0.1, 0.15) is 23.9 Å². The lowest BCUT2D eigenvalue weighted by atomic mass is 10.3. The van der Waals surface area contributed by atoms with E-state index in [1.807, 2.05) is 18.2 Å². The third kappa shape index (κ3) is 3.00. The quantitative estimate of drug-likeness (QED) is 0.778. The fourth-order valence-corrected chi connectivity index (χ4v) is 2.79. The summed E-state index contributed by atoms with van der Waals surface area (Å²) in [5.41, 5.74) is 0.761. The van der Waals surface area contributed by atoms with Crippen molar-refractivity contribution in [2.45, 2.75) is 13.0 Å². The van der Waals surface area contributed by atoms with Gasteiger partial charge in [-0.25, -0.2) is 9.97 Å². The molecule has 0 unspecified atom stereocenters. The molecular formula is C13H13N5O2S. The fraction of sp³-hybridized carbons (Fsp3) is 0.231. The van der Waals surface area contributed by atoms with E-state index in [0.717, 1.165) is 10.2 Å². The SMILES string of the molecule is COc1cccc2sc(NC(=O)CCn3cncn3)nc12. The Morgan fingerprint density at radius 3 is 3.14 bits per heavy atom. The van der Waals surface area contributed by atoms with Crippen LogP contribution >= 0.6 is 11.3 Å². The Morgan fingerprint density at radius 1 is 1.48 bits per heavy atom. The molecule has 3 aromatic rings. The number of carbonyl (C=O) groups is 1. The minimum atomic E-state index is -0.108. The number of hydrogen-bond acceptors (Lipinski definition) is 6. The van der Waals surface area contributed by atoms with Crippen molar-refractivity contribution in [1.29, 1.82) is 0 Å². The van der Waals surface area contributed by atoms with E-state index in [1.54, 1.807) is 18.1 Å². The smallest absolute Gasteiger partial charge is 0.228 e. The number of rotatable bonds is 5. The fourth-order valence-electron chi connectivity index (χ4n) is 1.89. The molecule has 0 aliphatic carbocycles. The van der Waals surface area contributed by atoms with E-state index >= 15 is 0 Å². The van der Waals surface area contributed by atoms with Crippen molar-refractivity contribution < 1.29 is 9.53 Å². The molecular weight excluding hydrogens is 290 g/mol. The van der Waals surface area contributed by atoms with E-state index in [1.165, 1.54) is 17.7 Å². The highest BCUT2D eigenvalue weighted by Crippen LogP contribution is 2.32. The molecule has 1 aromatic carbocycles. The maximum Gasteiger partial charge on any atom is 0.228 e. The molecule has 0 aliphatic heterocycles. The molecule has 7 nitrogen and oxygen atoms in total. The number of hydrogen-bond donors (Lipinski definition) is 1. The van der Waals surface area contributed by atoms with Crippen LogP contribution in [0.5, 0.6) is 5.75 Å². The Hall–Kier alpha value is -2.48. The number of para-hydroxylation sites is 1. The number of nitrogens with one attached hydrogen (secondary N) is 1. The molecule has 0 saturated heterocycles. The molecule has 0 fully saturated rings. The minimum Gasteiger partial charge on any atom is -0.494 e. The van der Waals surface area contributed by atoms with E-state index in [-0.39, 0.29) is 5.91 Å². The summed E-state index contributed by atoms with van der Waals surface area (Å²) in [5.74, 6) is 0.593.